The van der Waals surface area contributed by atoms with Crippen LogP contribution in [0.4, 0.5) is 5.69 Å². The Labute approximate surface area is 138 Å². The zero-order valence-electron chi connectivity index (χ0n) is 12.6. The molecule has 0 saturated carbocycles. The summed E-state index contributed by atoms with van der Waals surface area (Å²) in [4.78, 5) is 11.9. The summed E-state index contributed by atoms with van der Waals surface area (Å²) >= 11 is 3.57. The summed E-state index contributed by atoms with van der Waals surface area (Å²) in [6.45, 7) is 3.71. The highest BCUT2D eigenvalue weighted by molar-refractivity contribution is 9.10. The third kappa shape index (κ3) is 2.88. The van der Waals surface area contributed by atoms with E-state index in [0.717, 1.165) is 27.2 Å². The SMILES string of the molecule is CC(=O)C1Cc2c(ccc(Br)c2Oc2ccccc2)NC1C. The number of carbonyl (C=O) groups excluding carboxylic acids is 1. The number of hydrogen-bond donors (Lipinski definition) is 1. The van der Waals surface area contributed by atoms with Gasteiger partial charge in [-0.2, -0.15) is 0 Å². The number of anilines is 1. The molecule has 2 unspecified atom stereocenters. The average molecular weight is 360 g/mol. The normalized spacial score (nSPS) is 20.0. The van der Waals surface area contributed by atoms with E-state index in [0.29, 0.717) is 6.42 Å². The molecule has 0 amide bonds. The Kier molecular flexibility index (Phi) is 4.21. The van der Waals surface area contributed by atoms with Crippen molar-refractivity contribution in [2.75, 3.05) is 5.32 Å². The van der Waals surface area contributed by atoms with Gasteiger partial charge in [0, 0.05) is 23.2 Å². The van der Waals surface area contributed by atoms with Crippen LogP contribution in [0, 0.1) is 5.92 Å². The summed E-state index contributed by atoms with van der Waals surface area (Å²) in [6, 6.07) is 13.8. The molecule has 1 aliphatic rings. The molecule has 1 N–H and O–H groups in total. The number of rotatable bonds is 3. The van der Waals surface area contributed by atoms with E-state index in [-0.39, 0.29) is 17.7 Å². The molecule has 0 aliphatic carbocycles. The zero-order valence-corrected chi connectivity index (χ0v) is 14.2. The van der Waals surface area contributed by atoms with Gasteiger partial charge in [-0.05, 0) is 60.5 Å². The Morgan fingerprint density at radius 1 is 1.23 bits per heavy atom. The van der Waals surface area contributed by atoms with Gasteiger partial charge in [0.05, 0.1) is 4.47 Å². The summed E-state index contributed by atoms with van der Waals surface area (Å²) in [6.07, 6.45) is 0.695. The first-order valence-electron chi connectivity index (χ1n) is 7.37. The molecule has 0 radical (unpaired) electrons. The standard InChI is InChI=1S/C18H18BrNO2/c1-11-14(12(2)21)10-15-17(20-11)9-8-16(19)18(15)22-13-6-4-3-5-7-13/h3-9,11,14,20H,10H2,1-2H3. The number of Topliss-reactive ketones (excluding diaryl/α,β-unsaturated/α-hetero) is 1. The number of hydrogen-bond acceptors (Lipinski definition) is 3. The molecule has 0 spiro atoms. The minimum atomic E-state index is -0.0278. The quantitative estimate of drug-likeness (QED) is 0.854. The van der Waals surface area contributed by atoms with Gasteiger partial charge in [-0.15, -0.1) is 0 Å². The molecule has 3 rings (SSSR count). The first-order chi connectivity index (χ1) is 10.6. The van der Waals surface area contributed by atoms with Crippen LogP contribution in [-0.4, -0.2) is 11.8 Å². The van der Waals surface area contributed by atoms with Crippen molar-refractivity contribution in [1.29, 1.82) is 0 Å². The molecule has 22 heavy (non-hydrogen) atoms. The summed E-state index contributed by atoms with van der Waals surface area (Å²) < 4.78 is 6.97. The van der Waals surface area contributed by atoms with E-state index in [9.17, 15) is 4.79 Å². The van der Waals surface area contributed by atoms with E-state index in [1.165, 1.54) is 0 Å². The van der Waals surface area contributed by atoms with E-state index in [1.807, 2.05) is 42.5 Å². The third-order valence-corrected chi connectivity index (χ3v) is 4.73. The Bertz CT molecular complexity index is 700. The summed E-state index contributed by atoms with van der Waals surface area (Å²) in [5.74, 6) is 1.75. The molecule has 2 atom stereocenters. The Morgan fingerprint density at radius 3 is 2.64 bits per heavy atom. The van der Waals surface area contributed by atoms with Crippen LogP contribution in [-0.2, 0) is 11.2 Å². The lowest BCUT2D eigenvalue weighted by molar-refractivity contribution is -0.121. The minimum absolute atomic E-state index is 0.0278. The molecule has 0 fully saturated rings. The number of ether oxygens (including phenoxy) is 1. The molecule has 0 saturated heterocycles. The van der Waals surface area contributed by atoms with E-state index >= 15 is 0 Å². The fraction of sp³-hybridized carbons (Fsp3) is 0.278. The van der Waals surface area contributed by atoms with Crippen LogP contribution in [0.15, 0.2) is 46.9 Å². The van der Waals surface area contributed by atoms with Gasteiger partial charge in [0.15, 0.2) is 0 Å². The van der Waals surface area contributed by atoms with Crippen LogP contribution in [0.3, 0.4) is 0 Å². The zero-order chi connectivity index (χ0) is 15.7. The van der Waals surface area contributed by atoms with E-state index in [4.69, 9.17) is 4.74 Å². The van der Waals surface area contributed by atoms with E-state index in [2.05, 4.69) is 28.2 Å². The number of fused-ring (bicyclic) bond motifs is 1. The molecule has 0 aromatic heterocycles. The summed E-state index contributed by atoms with van der Waals surface area (Å²) in [7, 11) is 0. The van der Waals surface area contributed by atoms with Crippen LogP contribution < -0.4 is 10.1 Å². The Morgan fingerprint density at radius 2 is 1.95 bits per heavy atom. The lowest BCUT2D eigenvalue weighted by Gasteiger charge is -2.32. The number of halogens is 1. The van der Waals surface area contributed by atoms with Gasteiger partial charge in [0.2, 0.25) is 0 Å². The van der Waals surface area contributed by atoms with Crippen molar-refractivity contribution < 1.29 is 9.53 Å². The third-order valence-electron chi connectivity index (χ3n) is 4.11. The van der Waals surface area contributed by atoms with Gasteiger partial charge in [0.25, 0.3) is 0 Å². The second kappa shape index (κ2) is 6.13. The molecule has 2 aromatic carbocycles. The van der Waals surface area contributed by atoms with Crippen molar-refractivity contribution in [3.8, 4) is 11.5 Å². The van der Waals surface area contributed by atoms with Gasteiger partial charge in [-0.3, -0.25) is 4.79 Å². The van der Waals surface area contributed by atoms with Crippen LogP contribution in [0.2, 0.25) is 0 Å². The Hall–Kier alpha value is -1.81. The first-order valence-corrected chi connectivity index (χ1v) is 8.17. The predicted octanol–water partition coefficient (Wildman–Crippen LogP) is 4.80. The van der Waals surface area contributed by atoms with Crippen LogP contribution >= 0.6 is 15.9 Å². The number of ketones is 1. The first kappa shape index (κ1) is 15.1. The Balaban J connectivity index is 2.01. The molecular weight excluding hydrogens is 342 g/mol. The van der Waals surface area contributed by atoms with Gasteiger partial charge >= 0.3 is 0 Å². The summed E-state index contributed by atoms with van der Waals surface area (Å²) in [5.41, 5.74) is 2.09. The molecule has 1 aliphatic heterocycles. The maximum absolute atomic E-state index is 11.9. The van der Waals surface area contributed by atoms with Crippen LogP contribution in [0.1, 0.15) is 19.4 Å². The smallest absolute Gasteiger partial charge is 0.146 e. The maximum Gasteiger partial charge on any atom is 0.146 e. The average Bonchev–Trinajstić information content (AvgIpc) is 2.50. The molecule has 2 aromatic rings. The largest absolute Gasteiger partial charge is 0.456 e. The molecule has 114 valence electrons. The summed E-state index contributed by atoms with van der Waals surface area (Å²) in [5, 5.41) is 3.42. The molecule has 1 heterocycles. The fourth-order valence-electron chi connectivity index (χ4n) is 2.89. The van der Waals surface area contributed by atoms with Gasteiger partial charge < -0.3 is 10.1 Å². The topological polar surface area (TPSA) is 38.3 Å². The molecular formula is C18H18BrNO2. The highest BCUT2D eigenvalue weighted by Crippen LogP contribution is 2.41. The fourth-order valence-corrected chi connectivity index (χ4v) is 3.34. The van der Waals surface area contributed by atoms with Crippen molar-refractivity contribution in [3.05, 3.63) is 52.5 Å². The minimum Gasteiger partial charge on any atom is -0.456 e. The van der Waals surface area contributed by atoms with Gasteiger partial charge in [-0.25, -0.2) is 0 Å². The van der Waals surface area contributed by atoms with Crippen molar-refractivity contribution in [3.63, 3.8) is 0 Å². The van der Waals surface area contributed by atoms with Crippen LogP contribution in [0.5, 0.6) is 11.5 Å². The molecule has 0 bridgehead atoms. The maximum atomic E-state index is 11.9. The van der Waals surface area contributed by atoms with Crippen LogP contribution in [0.25, 0.3) is 0 Å². The van der Waals surface area contributed by atoms with Crippen molar-refractivity contribution in [2.24, 2.45) is 5.92 Å². The van der Waals surface area contributed by atoms with Crippen molar-refractivity contribution >= 4 is 27.4 Å². The highest BCUT2D eigenvalue weighted by Gasteiger charge is 2.31. The highest BCUT2D eigenvalue weighted by atomic mass is 79.9. The monoisotopic (exact) mass is 359 g/mol. The lowest BCUT2D eigenvalue weighted by atomic mass is 9.85. The van der Waals surface area contributed by atoms with E-state index < -0.39 is 0 Å². The molecule has 3 nitrogen and oxygen atoms in total. The number of nitrogens with one attached hydrogen (secondary N) is 1. The van der Waals surface area contributed by atoms with E-state index in [1.54, 1.807) is 6.92 Å². The van der Waals surface area contributed by atoms with Gasteiger partial charge in [0.1, 0.15) is 17.3 Å². The second-order valence-corrected chi connectivity index (χ2v) is 6.53. The van der Waals surface area contributed by atoms with Crippen molar-refractivity contribution in [1.82, 2.24) is 0 Å². The number of benzene rings is 2. The van der Waals surface area contributed by atoms with Gasteiger partial charge in [-0.1, -0.05) is 18.2 Å². The van der Waals surface area contributed by atoms with Crippen molar-refractivity contribution in [2.45, 2.75) is 26.3 Å². The molecule has 4 heteroatoms. The lowest BCUT2D eigenvalue weighted by Crippen LogP contribution is -2.36. The number of carbonyl (C=O) groups is 1. The second-order valence-electron chi connectivity index (χ2n) is 5.67. The number of para-hydroxylation sites is 1. The predicted molar refractivity (Wildman–Crippen MR) is 91.6 cm³/mol.